The molecule has 120 valence electrons. The summed E-state index contributed by atoms with van der Waals surface area (Å²) in [5.74, 6) is -2.57. The van der Waals surface area contributed by atoms with E-state index in [1.165, 1.54) is 31.2 Å². The van der Waals surface area contributed by atoms with Gasteiger partial charge >= 0.3 is 12.1 Å². The van der Waals surface area contributed by atoms with E-state index < -0.39 is 29.5 Å². The van der Waals surface area contributed by atoms with Gasteiger partial charge in [0.15, 0.2) is 0 Å². The van der Waals surface area contributed by atoms with E-state index in [-0.39, 0.29) is 17.9 Å². The van der Waals surface area contributed by atoms with Crippen LogP contribution in [-0.4, -0.2) is 36.0 Å². The van der Waals surface area contributed by atoms with Crippen LogP contribution in [-0.2, 0) is 9.59 Å². The number of nitro groups is 1. The maximum absolute atomic E-state index is 12.0. The lowest BCUT2D eigenvalue weighted by atomic mass is 10.2. The number of nitrogens with zero attached hydrogens (tertiary/aromatic N) is 2. The smallest absolute Gasteiger partial charge is 0.346 e. The molecular formula is C12H12F3N3O4. The largest absolute Gasteiger partial charge is 0.471 e. The van der Waals surface area contributed by atoms with E-state index >= 15 is 0 Å². The summed E-state index contributed by atoms with van der Waals surface area (Å²) < 4.78 is 36.1. The Morgan fingerprint density at radius 2 is 1.82 bits per heavy atom. The minimum absolute atomic E-state index is 0.183. The van der Waals surface area contributed by atoms with Crippen molar-refractivity contribution in [1.82, 2.24) is 5.32 Å². The van der Waals surface area contributed by atoms with Gasteiger partial charge in [0.05, 0.1) is 4.92 Å². The Morgan fingerprint density at radius 1 is 1.27 bits per heavy atom. The highest BCUT2D eigenvalue weighted by molar-refractivity contribution is 5.91. The number of hydrogen-bond acceptors (Lipinski definition) is 4. The first-order chi connectivity index (χ1) is 10.1. The number of amides is 2. The quantitative estimate of drug-likeness (QED) is 0.659. The second-order valence-electron chi connectivity index (χ2n) is 4.20. The van der Waals surface area contributed by atoms with E-state index in [0.717, 1.165) is 4.90 Å². The molecule has 1 aromatic carbocycles. The zero-order valence-electron chi connectivity index (χ0n) is 11.4. The minimum atomic E-state index is -4.99. The second-order valence-corrected chi connectivity index (χ2v) is 4.20. The zero-order chi connectivity index (χ0) is 16.9. The van der Waals surface area contributed by atoms with Gasteiger partial charge in [-0.15, -0.1) is 0 Å². The van der Waals surface area contributed by atoms with Crippen molar-refractivity contribution in [2.75, 3.05) is 18.0 Å². The molecule has 0 spiro atoms. The first-order valence-electron chi connectivity index (χ1n) is 6.00. The normalized spacial score (nSPS) is 10.9. The van der Waals surface area contributed by atoms with Crippen molar-refractivity contribution in [2.45, 2.75) is 13.1 Å². The number of nitrogens with one attached hydrogen (secondary N) is 1. The van der Waals surface area contributed by atoms with Crippen LogP contribution in [0.5, 0.6) is 0 Å². The molecule has 0 saturated carbocycles. The number of rotatable bonds is 5. The van der Waals surface area contributed by atoms with Crippen molar-refractivity contribution in [1.29, 1.82) is 0 Å². The maximum Gasteiger partial charge on any atom is 0.471 e. The predicted molar refractivity (Wildman–Crippen MR) is 70.2 cm³/mol. The van der Waals surface area contributed by atoms with Crippen LogP contribution in [0.3, 0.4) is 0 Å². The lowest BCUT2D eigenvalue weighted by Gasteiger charge is -2.21. The molecule has 1 rings (SSSR count). The molecule has 0 saturated heterocycles. The van der Waals surface area contributed by atoms with E-state index in [1.54, 1.807) is 5.32 Å². The van der Waals surface area contributed by atoms with Gasteiger partial charge in [0.2, 0.25) is 5.91 Å². The van der Waals surface area contributed by atoms with E-state index in [2.05, 4.69) is 0 Å². The summed E-state index contributed by atoms with van der Waals surface area (Å²) in [4.78, 5) is 33.2. The molecule has 10 heteroatoms. The number of alkyl halides is 3. The van der Waals surface area contributed by atoms with Gasteiger partial charge in [-0.2, -0.15) is 13.2 Å². The van der Waals surface area contributed by atoms with Gasteiger partial charge in [0, 0.05) is 37.8 Å². The van der Waals surface area contributed by atoms with Crippen molar-refractivity contribution in [3.05, 3.63) is 34.4 Å². The van der Waals surface area contributed by atoms with E-state index in [1.807, 2.05) is 0 Å². The molecule has 0 aromatic heterocycles. The molecule has 2 amide bonds. The fourth-order valence-electron chi connectivity index (χ4n) is 1.60. The molecule has 0 radical (unpaired) electrons. The minimum Gasteiger partial charge on any atom is -0.346 e. The van der Waals surface area contributed by atoms with E-state index in [4.69, 9.17) is 0 Å². The molecule has 22 heavy (non-hydrogen) atoms. The van der Waals surface area contributed by atoms with Gasteiger partial charge in [-0.1, -0.05) is 0 Å². The molecule has 7 nitrogen and oxygen atoms in total. The summed E-state index contributed by atoms with van der Waals surface area (Å²) in [6, 6.07) is 4.93. The van der Waals surface area contributed by atoms with Crippen LogP contribution in [0.1, 0.15) is 6.92 Å². The number of carbonyl (C=O) groups excluding carboxylic acids is 2. The fourth-order valence-corrected chi connectivity index (χ4v) is 1.60. The standard InChI is InChI=1S/C12H12F3N3O4/c1-8(19)17(7-6-16-11(20)12(13,14)15)9-2-4-10(5-3-9)18(21)22/h2-5H,6-7H2,1H3,(H,16,20). The number of carbonyl (C=O) groups is 2. The van der Waals surface area contributed by atoms with Crippen molar-refractivity contribution in [2.24, 2.45) is 0 Å². The number of nitro benzene ring substituents is 1. The summed E-state index contributed by atoms with van der Waals surface area (Å²) >= 11 is 0. The molecule has 0 fully saturated rings. The van der Waals surface area contributed by atoms with Crippen LogP contribution in [0.15, 0.2) is 24.3 Å². The highest BCUT2D eigenvalue weighted by atomic mass is 19.4. The van der Waals surface area contributed by atoms with Crippen molar-refractivity contribution in [3.63, 3.8) is 0 Å². The third-order valence-electron chi connectivity index (χ3n) is 2.63. The highest BCUT2D eigenvalue weighted by Crippen LogP contribution is 2.19. The molecular weight excluding hydrogens is 307 g/mol. The van der Waals surface area contributed by atoms with E-state index in [9.17, 15) is 32.9 Å². The number of halogens is 3. The number of non-ortho nitro benzene ring substituents is 1. The van der Waals surface area contributed by atoms with Gasteiger partial charge in [-0.3, -0.25) is 19.7 Å². The monoisotopic (exact) mass is 319 g/mol. The molecule has 1 N–H and O–H groups in total. The van der Waals surface area contributed by atoms with Crippen molar-refractivity contribution >= 4 is 23.2 Å². The van der Waals surface area contributed by atoms with E-state index in [0.29, 0.717) is 0 Å². The van der Waals surface area contributed by atoms with Gasteiger partial charge < -0.3 is 10.2 Å². The molecule has 0 atom stereocenters. The highest BCUT2D eigenvalue weighted by Gasteiger charge is 2.38. The Morgan fingerprint density at radius 3 is 2.23 bits per heavy atom. The Labute approximate surface area is 122 Å². The summed E-state index contributed by atoms with van der Waals surface area (Å²) in [7, 11) is 0. The third-order valence-corrected chi connectivity index (χ3v) is 2.63. The van der Waals surface area contributed by atoms with Crippen molar-refractivity contribution in [3.8, 4) is 0 Å². The summed E-state index contributed by atoms with van der Waals surface area (Å²) in [5, 5.41) is 12.2. The zero-order valence-corrected chi connectivity index (χ0v) is 11.4. The fraction of sp³-hybridized carbons (Fsp3) is 0.333. The van der Waals surface area contributed by atoms with Gasteiger partial charge in [0.25, 0.3) is 5.69 Å². The van der Waals surface area contributed by atoms with Gasteiger partial charge in [-0.25, -0.2) is 0 Å². The molecule has 0 bridgehead atoms. The van der Waals surface area contributed by atoms with Crippen LogP contribution < -0.4 is 10.2 Å². The van der Waals surface area contributed by atoms with Crippen LogP contribution in [0.4, 0.5) is 24.5 Å². The average molecular weight is 319 g/mol. The molecule has 0 aliphatic carbocycles. The first-order valence-corrected chi connectivity index (χ1v) is 6.00. The SMILES string of the molecule is CC(=O)N(CCNC(=O)C(F)(F)F)c1ccc([N+](=O)[O-])cc1. The molecule has 0 aliphatic heterocycles. The van der Waals surface area contributed by atoms with Crippen LogP contribution in [0, 0.1) is 10.1 Å². The predicted octanol–water partition coefficient (Wildman–Crippen LogP) is 1.63. The number of hydrogen-bond donors (Lipinski definition) is 1. The van der Waals surface area contributed by atoms with Gasteiger partial charge in [-0.05, 0) is 12.1 Å². The van der Waals surface area contributed by atoms with Crippen LogP contribution in [0.2, 0.25) is 0 Å². The van der Waals surface area contributed by atoms with Gasteiger partial charge in [0.1, 0.15) is 0 Å². The van der Waals surface area contributed by atoms with Crippen LogP contribution in [0.25, 0.3) is 0 Å². The number of benzene rings is 1. The lowest BCUT2D eigenvalue weighted by Crippen LogP contribution is -2.42. The Balaban J connectivity index is 2.72. The second kappa shape index (κ2) is 6.87. The van der Waals surface area contributed by atoms with Crippen LogP contribution >= 0.6 is 0 Å². The summed E-state index contributed by atoms with van der Waals surface area (Å²) in [6.07, 6.45) is -4.99. The Bertz CT molecular complexity index is 572. The summed E-state index contributed by atoms with van der Waals surface area (Å²) in [6.45, 7) is 0.580. The Hall–Kier alpha value is -2.65. The third kappa shape index (κ3) is 4.72. The maximum atomic E-state index is 12.0. The molecule has 0 unspecified atom stereocenters. The average Bonchev–Trinajstić information content (AvgIpc) is 2.42. The molecule has 0 aliphatic rings. The topological polar surface area (TPSA) is 92.6 Å². The van der Waals surface area contributed by atoms with Crippen molar-refractivity contribution < 1.29 is 27.7 Å². The Kier molecular flexibility index (Phi) is 5.44. The summed E-state index contributed by atoms with van der Waals surface area (Å²) in [5.41, 5.74) is 0.0944. The molecule has 1 aromatic rings. The first kappa shape index (κ1) is 17.4. The number of anilines is 1. The molecule has 0 heterocycles. The lowest BCUT2D eigenvalue weighted by molar-refractivity contribution is -0.384.